The fourth-order valence-corrected chi connectivity index (χ4v) is 1.33. The second-order valence-electron chi connectivity index (χ2n) is 3.00. The molecule has 0 unspecified atom stereocenters. The molecule has 0 aliphatic carbocycles. The number of nitrogens with zero attached hydrogens (tertiary/aromatic N) is 2. The zero-order valence-electron chi connectivity index (χ0n) is 7.36. The first-order chi connectivity index (χ1) is 6.58. The van der Waals surface area contributed by atoms with Crippen LogP contribution in [0.1, 0.15) is 16.1 Å². The molecule has 0 atom stereocenters. The minimum Gasteiger partial charge on any atom is -0.476 e. The molecule has 0 fully saturated rings. The van der Waals surface area contributed by atoms with Crippen molar-refractivity contribution < 1.29 is 14.3 Å². The van der Waals surface area contributed by atoms with Crippen LogP contribution in [0.2, 0.25) is 0 Å². The molecule has 72 valence electrons. The summed E-state index contributed by atoms with van der Waals surface area (Å²) in [5.41, 5.74) is 0.986. The molecule has 1 N–H and O–H groups in total. The normalized spacial score (nSPS) is 10.7. The summed E-state index contributed by atoms with van der Waals surface area (Å²) in [4.78, 5) is 14.4. The highest BCUT2D eigenvalue weighted by Gasteiger charge is 2.10. The van der Waals surface area contributed by atoms with Crippen molar-refractivity contribution in [2.24, 2.45) is 0 Å². The van der Waals surface area contributed by atoms with Gasteiger partial charge in [0.2, 0.25) is 0 Å². The van der Waals surface area contributed by atoms with Crippen LogP contribution < -0.4 is 0 Å². The van der Waals surface area contributed by atoms with Gasteiger partial charge in [-0.2, -0.15) is 0 Å². The molecular weight excluding hydrogens is 187 g/mol. The molecule has 0 radical (unpaired) electrons. The van der Waals surface area contributed by atoms with Crippen molar-refractivity contribution in [2.45, 2.75) is 6.92 Å². The number of hydrogen-bond acceptors (Lipinski definition) is 2. The number of carboxylic acid groups (broad SMARTS) is 1. The average molecular weight is 194 g/mol. The standard InChI is InChI=1S/C9H7FN2O2/c1-5-2-6(10)3-12-4-7(9(13)14)11-8(5)12/h2-4H,1H3,(H,13,14). The molecule has 2 heterocycles. The van der Waals surface area contributed by atoms with E-state index < -0.39 is 11.8 Å². The van der Waals surface area contributed by atoms with Crippen LogP contribution >= 0.6 is 0 Å². The van der Waals surface area contributed by atoms with E-state index in [1.54, 1.807) is 6.92 Å². The van der Waals surface area contributed by atoms with Gasteiger partial charge in [0, 0.05) is 12.4 Å². The predicted molar refractivity (Wildman–Crippen MR) is 46.8 cm³/mol. The van der Waals surface area contributed by atoms with Crippen molar-refractivity contribution in [3.8, 4) is 0 Å². The Labute approximate surface area is 78.6 Å². The lowest BCUT2D eigenvalue weighted by Crippen LogP contribution is -1.95. The molecule has 2 aromatic rings. The van der Waals surface area contributed by atoms with Gasteiger partial charge in [0.25, 0.3) is 0 Å². The number of aromatic carboxylic acids is 1. The number of halogens is 1. The van der Waals surface area contributed by atoms with E-state index in [1.165, 1.54) is 22.9 Å². The second-order valence-corrected chi connectivity index (χ2v) is 3.00. The number of imidazole rings is 1. The summed E-state index contributed by atoms with van der Waals surface area (Å²) in [6, 6.07) is 1.31. The largest absolute Gasteiger partial charge is 0.476 e. The number of pyridine rings is 1. The zero-order valence-corrected chi connectivity index (χ0v) is 7.36. The van der Waals surface area contributed by atoms with Crippen molar-refractivity contribution in [1.29, 1.82) is 0 Å². The fraction of sp³-hybridized carbons (Fsp3) is 0.111. The average Bonchev–Trinajstić information content (AvgIpc) is 2.47. The van der Waals surface area contributed by atoms with Crippen molar-refractivity contribution in [3.63, 3.8) is 0 Å². The van der Waals surface area contributed by atoms with Crippen LogP contribution in [0, 0.1) is 12.7 Å². The van der Waals surface area contributed by atoms with Gasteiger partial charge in [-0.25, -0.2) is 14.2 Å². The Morgan fingerprint density at radius 3 is 2.93 bits per heavy atom. The van der Waals surface area contributed by atoms with Gasteiger partial charge in [-0.3, -0.25) is 0 Å². The highest BCUT2D eigenvalue weighted by molar-refractivity contribution is 5.86. The van der Waals surface area contributed by atoms with Crippen molar-refractivity contribution >= 4 is 11.6 Å². The highest BCUT2D eigenvalue weighted by Crippen LogP contribution is 2.12. The highest BCUT2D eigenvalue weighted by atomic mass is 19.1. The van der Waals surface area contributed by atoms with Crippen LogP contribution in [0.4, 0.5) is 4.39 Å². The minimum atomic E-state index is -1.12. The van der Waals surface area contributed by atoms with Crippen LogP contribution in [0.15, 0.2) is 18.5 Å². The van der Waals surface area contributed by atoms with Crippen LogP contribution in [0.5, 0.6) is 0 Å². The number of carbonyl (C=O) groups is 1. The fourth-order valence-electron chi connectivity index (χ4n) is 1.33. The lowest BCUT2D eigenvalue weighted by atomic mass is 10.3. The Morgan fingerprint density at radius 1 is 1.57 bits per heavy atom. The molecule has 0 aromatic carbocycles. The summed E-state index contributed by atoms with van der Waals surface area (Å²) >= 11 is 0. The Kier molecular flexibility index (Phi) is 1.73. The minimum absolute atomic E-state index is 0.0845. The van der Waals surface area contributed by atoms with Gasteiger partial charge in [-0.05, 0) is 18.6 Å². The molecule has 0 spiro atoms. The molecule has 2 rings (SSSR count). The summed E-state index contributed by atoms with van der Waals surface area (Å²) in [6.45, 7) is 1.68. The van der Waals surface area contributed by atoms with Gasteiger partial charge in [0.15, 0.2) is 5.69 Å². The zero-order chi connectivity index (χ0) is 10.3. The number of hydrogen-bond donors (Lipinski definition) is 1. The van der Waals surface area contributed by atoms with Gasteiger partial charge < -0.3 is 9.51 Å². The molecule has 0 aliphatic rings. The van der Waals surface area contributed by atoms with E-state index in [2.05, 4.69) is 4.98 Å². The second kappa shape index (κ2) is 2.80. The summed E-state index contributed by atoms with van der Waals surface area (Å²) in [7, 11) is 0. The van der Waals surface area contributed by atoms with Crippen LogP contribution in [-0.4, -0.2) is 20.5 Å². The van der Waals surface area contributed by atoms with Gasteiger partial charge in [-0.15, -0.1) is 0 Å². The molecule has 0 bridgehead atoms. The van der Waals surface area contributed by atoms with Crippen molar-refractivity contribution in [2.75, 3.05) is 0 Å². The van der Waals surface area contributed by atoms with E-state index >= 15 is 0 Å². The predicted octanol–water partition coefficient (Wildman–Crippen LogP) is 1.48. The molecular formula is C9H7FN2O2. The number of aryl methyl sites for hydroxylation is 1. The summed E-state index contributed by atoms with van der Waals surface area (Å²) < 4.78 is 14.3. The Balaban J connectivity index is 2.76. The molecule has 0 aliphatic heterocycles. The topological polar surface area (TPSA) is 54.6 Å². The van der Waals surface area contributed by atoms with Crippen molar-refractivity contribution in [3.05, 3.63) is 35.5 Å². The molecule has 4 nitrogen and oxygen atoms in total. The Hall–Kier alpha value is -1.91. The Bertz CT molecular complexity index is 519. The number of fused-ring (bicyclic) bond motifs is 1. The third-order valence-electron chi connectivity index (χ3n) is 1.92. The van der Waals surface area contributed by atoms with Crippen molar-refractivity contribution in [1.82, 2.24) is 9.38 Å². The van der Waals surface area contributed by atoms with E-state index in [0.717, 1.165) is 0 Å². The third-order valence-corrected chi connectivity index (χ3v) is 1.92. The monoisotopic (exact) mass is 194 g/mol. The van der Waals surface area contributed by atoms with Gasteiger partial charge in [0.1, 0.15) is 11.5 Å². The van der Waals surface area contributed by atoms with E-state index in [4.69, 9.17) is 5.11 Å². The SMILES string of the molecule is Cc1cc(F)cn2cc(C(=O)O)nc12. The lowest BCUT2D eigenvalue weighted by Gasteiger charge is -1.96. The first-order valence-electron chi connectivity index (χ1n) is 3.96. The molecule has 14 heavy (non-hydrogen) atoms. The molecule has 2 aromatic heterocycles. The lowest BCUT2D eigenvalue weighted by molar-refractivity contribution is 0.0691. The molecule has 0 saturated carbocycles. The van der Waals surface area contributed by atoms with E-state index in [9.17, 15) is 9.18 Å². The molecule has 0 amide bonds. The quantitative estimate of drug-likeness (QED) is 0.748. The summed E-state index contributed by atoms with van der Waals surface area (Å²) in [5, 5.41) is 8.68. The maximum absolute atomic E-state index is 12.9. The number of carboxylic acids is 1. The van der Waals surface area contributed by atoms with Gasteiger partial charge in [0.05, 0.1) is 0 Å². The third kappa shape index (κ3) is 1.22. The van der Waals surface area contributed by atoms with E-state index in [1.807, 2.05) is 0 Å². The smallest absolute Gasteiger partial charge is 0.356 e. The first-order valence-corrected chi connectivity index (χ1v) is 3.96. The molecule has 0 saturated heterocycles. The summed E-state index contributed by atoms with van der Waals surface area (Å²) in [6.07, 6.45) is 2.48. The van der Waals surface area contributed by atoms with Gasteiger partial charge >= 0.3 is 5.97 Å². The van der Waals surface area contributed by atoms with E-state index in [0.29, 0.717) is 11.2 Å². The Morgan fingerprint density at radius 2 is 2.29 bits per heavy atom. The van der Waals surface area contributed by atoms with Crippen LogP contribution in [0.3, 0.4) is 0 Å². The first kappa shape index (κ1) is 8.68. The van der Waals surface area contributed by atoms with Crippen LogP contribution in [-0.2, 0) is 0 Å². The number of rotatable bonds is 1. The maximum atomic E-state index is 12.9. The summed E-state index contributed by atoms with van der Waals surface area (Å²) in [5.74, 6) is -1.53. The maximum Gasteiger partial charge on any atom is 0.356 e. The van der Waals surface area contributed by atoms with Gasteiger partial charge in [-0.1, -0.05) is 0 Å². The molecule has 5 heteroatoms. The van der Waals surface area contributed by atoms with E-state index in [-0.39, 0.29) is 5.69 Å². The number of aromatic nitrogens is 2. The van der Waals surface area contributed by atoms with Crippen LogP contribution in [0.25, 0.3) is 5.65 Å².